The predicted octanol–water partition coefficient (Wildman–Crippen LogP) is 3.14. The molecule has 1 aromatic carbocycles. The van der Waals surface area contributed by atoms with E-state index in [4.69, 9.17) is 11.6 Å². The van der Waals surface area contributed by atoms with E-state index >= 15 is 0 Å². The second-order valence-corrected chi connectivity index (χ2v) is 6.14. The van der Waals surface area contributed by atoms with Crippen LogP contribution in [0.25, 0.3) is 0 Å². The van der Waals surface area contributed by atoms with Crippen LogP contribution in [0.1, 0.15) is 13.3 Å². The second kappa shape index (κ2) is 6.58. The third-order valence-corrected chi connectivity index (χ3v) is 4.67. The second-order valence-electron chi connectivity index (χ2n) is 3.83. The van der Waals surface area contributed by atoms with E-state index in [0.717, 1.165) is 18.2 Å². The minimum Gasteiger partial charge on any atom is -0.209 e. The SMILES string of the molecule is CCCN(CC(F)F)S(=O)(=O)c1cc(F)ccc1Cl. The lowest BCUT2D eigenvalue weighted by Crippen LogP contribution is -2.36. The summed E-state index contributed by atoms with van der Waals surface area (Å²) in [7, 11) is -4.23. The van der Waals surface area contributed by atoms with Crippen LogP contribution in [0.15, 0.2) is 23.1 Å². The van der Waals surface area contributed by atoms with Gasteiger partial charge in [-0.05, 0) is 24.6 Å². The number of benzene rings is 1. The standard InChI is InChI=1S/C11H13ClF3NO2S/c1-2-5-16(7-11(14)15)19(17,18)10-6-8(13)3-4-9(10)12/h3-4,6,11H,2,5,7H2,1H3. The molecule has 1 aromatic rings. The van der Waals surface area contributed by atoms with Crippen LogP contribution in [0.5, 0.6) is 0 Å². The van der Waals surface area contributed by atoms with E-state index in [1.54, 1.807) is 6.92 Å². The van der Waals surface area contributed by atoms with E-state index in [1.165, 1.54) is 0 Å². The fraction of sp³-hybridized carbons (Fsp3) is 0.455. The highest BCUT2D eigenvalue weighted by molar-refractivity contribution is 7.89. The van der Waals surface area contributed by atoms with Crippen molar-refractivity contribution in [3.63, 3.8) is 0 Å². The minimum absolute atomic E-state index is 0.0838. The van der Waals surface area contributed by atoms with Gasteiger partial charge < -0.3 is 0 Å². The van der Waals surface area contributed by atoms with Gasteiger partial charge in [-0.15, -0.1) is 0 Å². The number of hydrogen-bond acceptors (Lipinski definition) is 2. The number of nitrogens with zero attached hydrogens (tertiary/aromatic N) is 1. The molecule has 0 bridgehead atoms. The Morgan fingerprint density at radius 2 is 2.00 bits per heavy atom. The maximum Gasteiger partial charge on any atom is 0.252 e. The predicted molar refractivity (Wildman–Crippen MR) is 66.5 cm³/mol. The van der Waals surface area contributed by atoms with Crippen LogP contribution >= 0.6 is 11.6 Å². The average molecular weight is 316 g/mol. The van der Waals surface area contributed by atoms with Crippen LogP contribution in [-0.4, -0.2) is 32.2 Å². The zero-order valence-corrected chi connectivity index (χ0v) is 11.7. The molecule has 0 saturated heterocycles. The average Bonchev–Trinajstić information content (AvgIpc) is 2.31. The van der Waals surface area contributed by atoms with Crippen molar-refractivity contribution in [2.24, 2.45) is 0 Å². The molecule has 0 aliphatic heterocycles. The normalized spacial score (nSPS) is 12.4. The highest BCUT2D eigenvalue weighted by Crippen LogP contribution is 2.26. The molecule has 8 heteroatoms. The first kappa shape index (κ1) is 16.3. The topological polar surface area (TPSA) is 37.4 Å². The first-order chi connectivity index (χ1) is 8.78. The fourth-order valence-corrected chi connectivity index (χ4v) is 3.52. The quantitative estimate of drug-likeness (QED) is 0.808. The molecule has 0 aliphatic carbocycles. The Kier molecular flexibility index (Phi) is 5.64. The van der Waals surface area contributed by atoms with Gasteiger partial charge >= 0.3 is 0 Å². The lowest BCUT2D eigenvalue weighted by atomic mass is 10.3. The van der Waals surface area contributed by atoms with Gasteiger partial charge in [0.1, 0.15) is 10.7 Å². The zero-order valence-electron chi connectivity index (χ0n) is 10.1. The summed E-state index contributed by atoms with van der Waals surface area (Å²) >= 11 is 5.70. The Morgan fingerprint density at radius 3 is 2.53 bits per heavy atom. The summed E-state index contributed by atoms with van der Waals surface area (Å²) in [5.74, 6) is -0.795. The summed E-state index contributed by atoms with van der Waals surface area (Å²) < 4.78 is 62.9. The van der Waals surface area contributed by atoms with Gasteiger partial charge in [-0.3, -0.25) is 0 Å². The summed E-state index contributed by atoms with van der Waals surface area (Å²) in [6, 6.07) is 2.81. The molecule has 1 rings (SSSR count). The molecule has 0 radical (unpaired) electrons. The van der Waals surface area contributed by atoms with Crippen LogP contribution in [0, 0.1) is 5.82 Å². The first-order valence-corrected chi connectivity index (χ1v) is 7.34. The number of halogens is 4. The summed E-state index contributed by atoms with van der Waals surface area (Å²) in [6.45, 7) is 0.629. The molecule has 0 heterocycles. The van der Waals surface area contributed by atoms with Crippen molar-refractivity contribution in [2.45, 2.75) is 24.7 Å². The van der Waals surface area contributed by atoms with Crippen molar-refractivity contribution in [2.75, 3.05) is 13.1 Å². The molecule has 0 saturated carbocycles. The number of alkyl halides is 2. The first-order valence-electron chi connectivity index (χ1n) is 5.52. The van der Waals surface area contributed by atoms with Gasteiger partial charge in [-0.25, -0.2) is 21.6 Å². The van der Waals surface area contributed by atoms with Crippen molar-refractivity contribution in [3.8, 4) is 0 Å². The molecule has 0 fully saturated rings. The van der Waals surface area contributed by atoms with Gasteiger partial charge in [0.2, 0.25) is 10.0 Å². The summed E-state index contributed by atoms with van der Waals surface area (Å²) in [5, 5.41) is -0.197. The summed E-state index contributed by atoms with van der Waals surface area (Å²) in [4.78, 5) is -0.497. The van der Waals surface area contributed by atoms with E-state index in [-0.39, 0.29) is 11.6 Å². The van der Waals surface area contributed by atoms with E-state index in [2.05, 4.69) is 0 Å². The van der Waals surface area contributed by atoms with Gasteiger partial charge in [0.25, 0.3) is 6.43 Å². The van der Waals surface area contributed by atoms with Gasteiger partial charge in [0, 0.05) is 6.54 Å². The molecule has 0 spiro atoms. The smallest absolute Gasteiger partial charge is 0.209 e. The lowest BCUT2D eigenvalue weighted by molar-refractivity contribution is 0.119. The lowest BCUT2D eigenvalue weighted by Gasteiger charge is -2.21. The van der Waals surface area contributed by atoms with Crippen molar-refractivity contribution < 1.29 is 21.6 Å². The Bertz CT molecular complexity index is 537. The Hall–Kier alpha value is -0.790. The number of sulfonamides is 1. The van der Waals surface area contributed by atoms with Crippen LogP contribution < -0.4 is 0 Å². The molecule has 0 atom stereocenters. The van der Waals surface area contributed by atoms with Crippen LogP contribution in [0.3, 0.4) is 0 Å². The zero-order chi connectivity index (χ0) is 14.6. The molecule has 0 aromatic heterocycles. The van der Waals surface area contributed by atoms with Crippen molar-refractivity contribution in [1.82, 2.24) is 4.31 Å². The van der Waals surface area contributed by atoms with Gasteiger partial charge in [-0.2, -0.15) is 4.31 Å². The largest absolute Gasteiger partial charge is 0.252 e. The third-order valence-electron chi connectivity index (χ3n) is 2.33. The van der Waals surface area contributed by atoms with Gasteiger partial charge in [0.05, 0.1) is 11.6 Å². The number of rotatable bonds is 6. The van der Waals surface area contributed by atoms with E-state index in [1.807, 2.05) is 0 Å². The van der Waals surface area contributed by atoms with Crippen LogP contribution in [0.2, 0.25) is 5.02 Å². The van der Waals surface area contributed by atoms with Gasteiger partial charge in [-0.1, -0.05) is 18.5 Å². The molecular weight excluding hydrogens is 303 g/mol. The van der Waals surface area contributed by atoms with E-state index < -0.39 is 33.7 Å². The Balaban J connectivity index is 3.22. The highest BCUT2D eigenvalue weighted by Gasteiger charge is 2.28. The monoisotopic (exact) mass is 315 g/mol. The summed E-state index contributed by atoms with van der Waals surface area (Å²) in [5.41, 5.74) is 0. The fourth-order valence-electron chi connectivity index (χ4n) is 1.53. The van der Waals surface area contributed by atoms with Crippen LogP contribution in [0.4, 0.5) is 13.2 Å². The number of hydrogen-bond donors (Lipinski definition) is 0. The molecule has 108 valence electrons. The Morgan fingerprint density at radius 1 is 1.37 bits per heavy atom. The molecule has 0 amide bonds. The third kappa shape index (κ3) is 4.09. The van der Waals surface area contributed by atoms with Crippen LogP contribution in [-0.2, 0) is 10.0 Å². The van der Waals surface area contributed by atoms with Gasteiger partial charge in [0.15, 0.2) is 0 Å². The Labute approximate surface area is 115 Å². The molecule has 19 heavy (non-hydrogen) atoms. The van der Waals surface area contributed by atoms with E-state index in [9.17, 15) is 21.6 Å². The maximum atomic E-state index is 13.1. The molecular formula is C11H13ClF3NO2S. The van der Waals surface area contributed by atoms with Crippen molar-refractivity contribution in [1.29, 1.82) is 0 Å². The maximum absolute atomic E-state index is 13.1. The highest BCUT2D eigenvalue weighted by atomic mass is 35.5. The van der Waals surface area contributed by atoms with E-state index in [0.29, 0.717) is 10.7 Å². The molecule has 0 N–H and O–H groups in total. The minimum atomic E-state index is -4.23. The van der Waals surface area contributed by atoms with Crippen molar-refractivity contribution >= 4 is 21.6 Å². The molecule has 3 nitrogen and oxygen atoms in total. The molecule has 0 unspecified atom stereocenters. The van der Waals surface area contributed by atoms with Crippen molar-refractivity contribution in [3.05, 3.63) is 29.0 Å². The summed E-state index contributed by atoms with van der Waals surface area (Å²) in [6.07, 6.45) is -2.45. The molecule has 0 aliphatic rings.